The topological polar surface area (TPSA) is 82.5 Å². The maximum Gasteiger partial charge on any atom is 0.216 e. The van der Waals surface area contributed by atoms with Gasteiger partial charge in [0, 0.05) is 25.2 Å². The van der Waals surface area contributed by atoms with Crippen LogP contribution in [-0.2, 0) is 4.79 Å². The Hall–Kier alpha value is -1.53. The average Bonchev–Trinajstić information content (AvgIpc) is 2.31. The van der Waals surface area contributed by atoms with E-state index >= 15 is 0 Å². The van der Waals surface area contributed by atoms with E-state index in [2.05, 4.69) is 10.3 Å². The fraction of sp³-hybridized carbons (Fsp3) is 0.500. The van der Waals surface area contributed by atoms with Gasteiger partial charge in [-0.3, -0.25) is 4.79 Å². The fourth-order valence-electron chi connectivity index (χ4n) is 1.61. The molecule has 6 heteroatoms. The predicted octanol–water partition coefficient (Wildman–Crippen LogP) is 0.450. The minimum absolute atomic E-state index is 0.185. The van der Waals surface area contributed by atoms with E-state index in [1.165, 1.54) is 26.1 Å². The van der Waals surface area contributed by atoms with Crippen molar-refractivity contribution in [3.8, 4) is 0 Å². The van der Waals surface area contributed by atoms with Crippen molar-refractivity contribution in [1.82, 2.24) is 10.3 Å². The molecule has 0 aromatic carbocycles. The normalized spacial score (nSPS) is 14.1. The van der Waals surface area contributed by atoms with Gasteiger partial charge >= 0.3 is 0 Å². The van der Waals surface area contributed by atoms with Crippen LogP contribution in [0.2, 0.25) is 0 Å². The van der Waals surface area contributed by atoms with Gasteiger partial charge in [0.25, 0.3) is 0 Å². The number of aliphatic hydroxyl groups is 2. The van der Waals surface area contributed by atoms with Gasteiger partial charge in [-0.25, -0.2) is 4.98 Å². The van der Waals surface area contributed by atoms with Gasteiger partial charge in [-0.05, 0) is 25.0 Å². The third kappa shape index (κ3) is 3.75. The second kappa shape index (κ2) is 6.42. The van der Waals surface area contributed by atoms with Crippen molar-refractivity contribution in [2.45, 2.75) is 32.5 Å². The number of pyridine rings is 1. The molecule has 1 amide bonds. The van der Waals surface area contributed by atoms with Crippen molar-refractivity contribution < 1.29 is 19.4 Å². The third-order valence-electron chi connectivity index (χ3n) is 2.68. The summed E-state index contributed by atoms with van der Waals surface area (Å²) in [5.74, 6) is -0.872. The summed E-state index contributed by atoms with van der Waals surface area (Å²) in [4.78, 5) is 14.1. The molecule has 2 unspecified atom stereocenters. The molecule has 0 saturated heterocycles. The van der Waals surface area contributed by atoms with Crippen molar-refractivity contribution in [1.29, 1.82) is 0 Å². The molecule has 2 atom stereocenters. The Morgan fingerprint density at radius 2 is 2.22 bits per heavy atom. The Balaban J connectivity index is 2.65. The molecule has 0 saturated carbocycles. The number of rotatable bonds is 5. The van der Waals surface area contributed by atoms with Gasteiger partial charge in [0.2, 0.25) is 11.9 Å². The summed E-state index contributed by atoms with van der Waals surface area (Å²) in [7, 11) is 0. The molecule has 18 heavy (non-hydrogen) atoms. The van der Waals surface area contributed by atoms with Gasteiger partial charge in [0.1, 0.15) is 6.10 Å². The molecule has 1 aromatic rings. The van der Waals surface area contributed by atoms with E-state index in [9.17, 15) is 19.4 Å². The van der Waals surface area contributed by atoms with E-state index in [-0.39, 0.29) is 24.4 Å². The Kier molecular flexibility index (Phi) is 5.18. The second-order valence-corrected chi connectivity index (χ2v) is 4.10. The highest BCUT2D eigenvalue weighted by Crippen LogP contribution is 2.22. The lowest BCUT2D eigenvalue weighted by molar-refractivity contribution is -0.119. The van der Waals surface area contributed by atoms with Crippen LogP contribution in [0.4, 0.5) is 4.39 Å². The van der Waals surface area contributed by atoms with Crippen LogP contribution in [0.25, 0.3) is 0 Å². The number of carbonyl (C=O) groups excluding carboxylic acids is 1. The van der Waals surface area contributed by atoms with Crippen LogP contribution < -0.4 is 5.32 Å². The van der Waals surface area contributed by atoms with E-state index < -0.39 is 18.2 Å². The highest BCUT2D eigenvalue weighted by atomic mass is 19.1. The maximum atomic E-state index is 13.2. The number of aromatic nitrogens is 1. The first-order valence-electron chi connectivity index (χ1n) is 5.65. The minimum atomic E-state index is -1.20. The summed E-state index contributed by atoms with van der Waals surface area (Å²) in [5, 5.41) is 22.2. The van der Waals surface area contributed by atoms with Crippen LogP contribution in [0, 0.1) is 12.9 Å². The van der Waals surface area contributed by atoms with Crippen molar-refractivity contribution >= 4 is 5.91 Å². The average molecular weight is 256 g/mol. The number of nitrogens with zero attached hydrogens (tertiary/aromatic N) is 1. The van der Waals surface area contributed by atoms with Gasteiger partial charge in [-0.1, -0.05) is 0 Å². The molecule has 1 heterocycles. The first-order valence-corrected chi connectivity index (χ1v) is 5.65. The largest absolute Gasteiger partial charge is 0.390 e. The summed E-state index contributed by atoms with van der Waals surface area (Å²) in [6, 6.07) is 1.46. The van der Waals surface area contributed by atoms with Crippen LogP contribution in [-0.4, -0.2) is 33.8 Å². The Morgan fingerprint density at radius 1 is 1.56 bits per heavy atom. The number of hydrogen-bond acceptors (Lipinski definition) is 4. The Labute approximate surface area is 105 Å². The SMILES string of the molecule is CC(=O)NCCC(O)C(O)c1ccnc(F)c1C. The van der Waals surface area contributed by atoms with Crippen molar-refractivity contribution in [2.75, 3.05) is 6.54 Å². The molecule has 5 nitrogen and oxygen atoms in total. The zero-order valence-corrected chi connectivity index (χ0v) is 10.4. The van der Waals surface area contributed by atoms with E-state index in [0.29, 0.717) is 5.56 Å². The molecular weight excluding hydrogens is 239 g/mol. The Morgan fingerprint density at radius 3 is 2.83 bits per heavy atom. The van der Waals surface area contributed by atoms with Crippen LogP contribution in [0.3, 0.4) is 0 Å². The highest BCUT2D eigenvalue weighted by Gasteiger charge is 2.21. The first-order chi connectivity index (χ1) is 8.43. The fourth-order valence-corrected chi connectivity index (χ4v) is 1.61. The van der Waals surface area contributed by atoms with Crippen molar-refractivity contribution in [2.24, 2.45) is 0 Å². The van der Waals surface area contributed by atoms with Gasteiger partial charge in [-0.2, -0.15) is 4.39 Å². The second-order valence-electron chi connectivity index (χ2n) is 4.10. The molecule has 1 aromatic heterocycles. The lowest BCUT2D eigenvalue weighted by atomic mass is 9.99. The van der Waals surface area contributed by atoms with E-state index in [1.54, 1.807) is 0 Å². The molecule has 0 radical (unpaired) electrons. The van der Waals surface area contributed by atoms with Gasteiger partial charge in [0.15, 0.2) is 0 Å². The van der Waals surface area contributed by atoms with Gasteiger partial charge < -0.3 is 15.5 Å². The van der Waals surface area contributed by atoms with Crippen LogP contribution in [0.5, 0.6) is 0 Å². The summed E-state index contributed by atoms with van der Waals surface area (Å²) < 4.78 is 13.2. The Bertz CT molecular complexity index is 426. The molecule has 100 valence electrons. The predicted molar refractivity (Wildman–Crippen MR) is 63.2 cm³/mol. The van der Waals surface area contributed by atoms with E-state index in [4.69, 9.17) is 0 Å². The van der Waals surface area contributed by atoms with Gasteiger partial charge in [-0.15, -0.1) is 0 Å². The number of nitrogens with one attached hydrogen (secondary N) is 1. The molecule has 0 aliphatic heterocycles. The molecule has 0 aliphatic rings. The maximum absolute atomic E-state index is 13.2. The number of carbonyl (C=O) groups is 1. The van der Waals surface area contributed by atoms with Crippen molar-refractivity contribution in [3.05, 3.63) is 29.3 Å². The monoisotopic (exact) mass is 256 g/mol. The number of aliphatic hydroxyl groups excluding tert-OH is 2. The minimum Gasteiger partial charge on any atom is -0.390 e. The van der Waals surface area contributed by atoms with Gasteiger partial charge in [0.05, 0.1) is 6.10 Å². The zero-order valence-electron chi connectivity index (χ0n) is 10.4. The summed E-state index contributed by atoms with van der Waals surface area (Å²) >= 11 is 0. The first kappa shape index (κ1) is 14.5. The molecule has 3 N–H and O–H groups in total. The summed E-state index contributed by atoms with van der Waals surface area (Å²) in [6.45, 7) is 3.10. The summed E-state index contributed by atoms with van der Waals surface area (Å²) in [6.07, 6.45) is -0.848. The number of amides is 1. The lowest BCUT2D eigenvalue weighted by Crippen LogP contribution is -2.28. The molecule has 0 aliphatic carbocycles. The lowest BCUT2D eigenvalue weighted by Gasteiger charge is -2.19. The highest BCUT2D eigenvalue weighted by molar-refractivity contribution is 5.72. The smallest absolute Gasteiger partial charge is 0.216 e. The quantitative estimate of drug-likeness (QED) is 0.668. The van der Waals surface area contributed by atoms with Crippen molar-refractivity contribution in [3.63, 3.8) is 0 Å². The van der Waals surface area contributed by atoms with Crippen LogP contribution in [0.15, 0.2) is 12.3 Å². The molecule has 0 fully saturated rings. The standard InChI is InChI=1S/C12H17FN2O3/c1-7-9(3-5-15-12(7)13)11(18)10(17)4-6-14-8(2)16/h3,5,10-11,17-18H,4,6H2,1-2H3,(H,14,16). The van der Waals surface area contributed by atoms with Crippen LogP contribution >= 0.6 is 0 Å². The van der Waals surface area contributed by atoms with E-state index in [1.807, 2.05) is 0 Å². The number of hydrogen-bond donors (Lipinski definition) is 3. The van der Waals surface area contributed by atoms with Crippen LogP contribution in [0.1, 0.15) is 30.6 Å². The van der Waals surface area contributed by atoms with E-state index in [0.717, 1.165) is 0 Å². The zero-order chi connectivity index (χ0) is 13.7. The molecule has 0 bridgehead atoms. The third-order valence-corrected chi connectivity index (χ3v) is 2.68. The molecule has 0 spiro atoms. The summed E-state index contributed by atoms with van der Waals surface area (Å²) in [5.41, 5.74) is 0.515. The molecular formula is C12H17FN2O3. The number of halogens is 1. The molecule has 1 rings (SSSR count).